The van der Waals surface area contributed by atoms with Crippen LogP contribution in [0.15, 0.2) is 30.3 Å². The average molecular weight is 387 g/mol. The quantitative estimate of drug-likeness (QED) is 0.289. The van der Waals surface area contributed by atoms with Crippen LogP contribution >= 0.6 is 0 Å². The molecule has 1 saturated heterocycles. The normalized spacial score (nSPS) is 19.3. The Morgan fingerprint density at radius 1 is 1.21 bits per heavy atom. The molecule has 2 fully saturated rings. The lowest BCUT2D eigenvalue weighted by molar-refractivity contribution is -0.133. The first-order chi connectivity index (χ1) is 13.6. The van der Waals surface area contributed by atoms with Gasteiger partial charge < -0.3 is 15.0 Å². The minimum absolute atomic E-state index is 0.123. The molecular formula is C21H29N3O4. The van der Waals surface area contributed by atoms with Crippen molar-refractivity contribution in [2.45, 2.75) is 38.3 Å². The van der Waals surface area contributed by atoms with Crippen molar-refractivity contribution in [3.05, 3.63) is 35.9 Å². The summed E-state index contributed by atoms with van der Waals surface area (Å²) in [6.07, 6.45) is 7.71. The SMILES string of the molecule is COC(NC(=O)C1CCC1)C1CCN(c2ccccc2/C=C/C(=O)NO)CC1. The van der Waals surface area contributed by atoms with Gasteiger partial charge >= 0.3 is 0 Å². The number of piperidine rings is 1. The molecule has 7 heteroatoms. The molecule has 2 amide bonds. The second kappa shape index (κ2) is 9.71. The molecule has 2 aliphatic rings. The van der Waals surface area contributed by atoms with Crippen molar-refractivity contribution in [2.75, 3.05) is 25.1 Å². The third-order valence-corrected chi connectivity index (χ3v) is 5.78. The summed E-state index contributed by atoms with van der Waals surface area (Å²) in [5.41, 5.74) is 3.58. The lowest BCUT2D eigenvalue weighted by atomic mass is 9.84. The van der Waals surface area contributed by atoms with Crippen molar-refractivity contribution in [1.29, 1.82) is 0 Å². The molecule has 1 atom stereocenters. The van der Waals surface area contributed by atoms with Gasteiger partial charge in [-0.25, -0.2) is 5.48 Å². The van der Waals surface area contributed by atoms with Crippen molar-refractivity contribution < 1.29 is 19.5 Å². The fourth-order valence-electron chi connectivity index (χ4n) is 3.86. The van der Waals surface area contributed by atoms with Crippen LogP contribution in [0.2, 0.25) is 0 Å². The van der Waals surface area contributed by atoms with E-state index in [4.69, 9.17) is 9.94 Å². The third kappa shape index (κ3) is 4.91. The fourth-order valence-corrected chi connectivity index (χ4v) is 3.86. The predicted molar refractivity (Wildman–Crippen MR) is 107 cm³/mol. The van der Waals surface area contributed by atoms with Crippen LogP contribution in [0.3, 0.4) is 0 Å². The monoisotopic (exact) mass is 387 g/mol. The van der Waals surface area contributed by atoms with Crippen LogP contribution in [0.1, 0.15) is 37.7 Å². The number of hydrogen-bond donors (Lipinski definition) is 3. The minimum atomic E-state index is -0.557. The zero-order chi connectivity index (χ0) is 19.9. The molecule has 28 heavy (non-hydrogen) atoms. The number of rotatable bonds is 7. The highest BCUT2D eigenvalue weighted by Gasteiger charge is 2.32. The number of benzene rings is 1. The summed E-state index contributed by atoms with van der Waals surface area (Å²) in [6.45, 7) is 1.70. The second-order valence-corrected chi connectivity index (χ2v) is 7.49. The van der Waals surface area contributed by atoms with Gasteiger partial charge in [0.1, 0.15) is 6.23 Å². The predicted octanol–water partition coefficient (Wildman–Crippen LogP) is 2.31. The Balaban J connectivity index is 1.59. The number of methoxy groups -OCH3 is 1. The molecule has 1 saturated carbocycles. The summed E-state index contributed by atoms with van der Waals surface area (Å²) >= 11 is 0. The van der Waals surface area contributed by atoms with Crippen LogP contribution in [0, 0.1) is 11.8 Å². The van der Waals surface area contributed by atoms with Gasteiger partial charge in [0.15, 0.2) is 0 Å². The summed E-state index contributed by atoms with van der Waals surface area (Å²) in [4.78, 5) is 25.8. The van der Waals surface area contributed by atoms with E-state index in [2.05, 4.69) is 10.2 Å². The topological polar surface area (TPSA) is 90.9 Å². The molecule has 0 aromatic heterocycles. The molecule has 0 bridgehead atoms. The Hall–Kier alpha value is -2.38. The van der Waals surface area contributed by atoms with Crippen LogP contribution in [-0.2, 0) is 14.3 Å². The molecule has 1 aromatic carbocycles. The smallest absolute Gasteiger partial charge is 0.267 e. The summed E-state index contributed by atoms with van der Waals surface area (Å²) in [5.74, 6) is 0.0116. The van der Waals surface area contributed by atoms with Gasteiger partial charge in [-0.15, -0.1) is 0 Å². The lowest BCUT2D eigenvalue weighted by Crippen LogP contribution is -2.49. The van der Waals surface area contributed by atoms with Gasteiger partial charge in [-0.3, -0.25) is 14.8 Å². The highest BCUT2D eigenvalue weighted by Crippen LogP contribution is 2.30. The number of carbonyl (C=O) groups is 2. The van der Waals surface area contributed by atoms with E-state index >= 15 is 0 Å². The van der Waals surface area contributed by atoms with E-state index in [0.29, 0.717) is 0 Å². The summed E-state index contributed by atoms with van der Waals surface area (Å²) < 4.78 is 5.59. The Morgan fingerprint density at radius 2 is 1.93 bits per heavy atom. The number of carbonyl (C=O) groups excluding carboxylic acids is 2. The van der Waals surface area contributed by atoms with E-state index in [1.807, 2.05) is 24.3 Å². The Labute approximate surface area is 165 Å². The van der Waals surface area contributed by atoms with Gasteiger partial charge in [0.05, 0.1) is 0 Å². The minimum Gasteiger partial charge on any atom is -0.371 e. The van der Waals surface area contributed by atoms with Gasteiger partial charge in [0, 0.05) is 43.8 Å². The summed E-state index contributed by atoms with van der Waals surface area (Å²) in [7, 11) is 1.66. The number of nitrogens with one attached hydrogen (secondary N) is 2. The van der Waals surface area contributed by atoms with Crippen LogP contribution in [0.5, 0.6) is 0 Å². The molecule has 1 aliphatic carbocycles. The first kappa shape index (κ1) is 20.4. The molecule has 152 valence electrons. The lowest BCUT2D eigenvalue weighted by Gasteiger charge is -2.38. The maximum absolute atomic E-state index is 12.3. The number of anilines is 1. The molecule has 1 unspecified atom stereocenters. The third-order valence-electron chi connectivity index (χ3n) is 5.78. The van der Waals surface area contributed by atoms with E-state index < -0.39 is 5.91 Å². The number of para-hydroxylation sites is 1. The molecule has 1 aromatic rings. The maximum atomic E-state index is 12.3. The zero-order valence-corrected chi connectivity index (χ0v) is 16.3. The molecule has 0 spiro atoms. The van der Waals surface area contributed by atoms with Crippen LogP contribution in [-0.4, -0.2) is 43.4 Å². The van der Waals surface area contributed by atoms with Gasteiger partial charge in [0.2, 0.25) is 5.91 Å². The number of hydrogen-bond acceptors (Lipinski definition) is 5. The van der Waals surface area contributed by atoms with E-state index in [9.17, 15) is 9.59 Å². The fraction of sp³-hybridized carbons (Fsp3) is 0.524. The van der Waals surface area contributed by atoms with Crippen molar-refractivity contribution in [3.63, 3.8) is 0 Å². The van der Waals surface area contributed by atoms with Crippen LogP contribution < -0.4 is 15.7 Å². The number of amides is 2. The largest absolute Gasteiger partial charge is 0.371 e. The average Bonchev–Trinajstić information content (AvgIpc) is 2.69. The Morgan fingerprint density at radius 3 is 2.54 bits per heavy atom. The van der Waals surface area contributed by atoms with Crippen molar-refractivity contribution in [3.8, 4) is 0 Å². The van der Waals surface area contributed by atoms with Gasteiger partial charge in [-0.2, -0.15) is 0 Å². The highest BCUT2D eigenvalue weighted by molar-refractivity contribution is 5.91. The van der Waals surface area contributed by atoms with Gasteiger partial charge in [-0.05, 0) is 43.4 Å². The Kier molecular flexibility index (Phi) is 7.06. The molecule has 1 aliphatic heterocycles. The van der Waals surface area contributed by atoms with E-state index in [-0.39, 0.29) is 24.0 Å². The molecule has 3 N–H and O–H groups in total. The first-order valence-corrected chi connectivity index (χ1v) is 9.91. The maximum Gasteiger partial charge on any atom is 0.267 e. The van der Waals surface area contributed by atoms with Crippen molar-refractivity contribution in [1.82, 2.24) is 10.8 Å². The number of hydroxylamine groups is 1. The van der Waals surface area contributed by atoms with Crippen molar-refractivity contribution in [2.24, 2.45) is 11.8 Å². The zero-order valence-electron chi connectivity index (χ0n) is 16.3. The molecule has 1 heterocycles. The standard InChI is InChI=1S/C21H29N3O4/c1-28-21(22-20(26)16-6-4-7-16)17-11-13-24(14-12-17)18-8-3-2-5-15(18)9-10-19(25)23-27/h2-3,5,8-10,16-17,21,27H,4,6-7,11-14H2,1H3,(H,22,26)(H,23,25)/b10-9+. The van der Waals surface area contributed by atoms with Gasteiger partial charge in [0.25, 0.3) is 5.91 Å². The molecule has 7 nitrogen and oxygen atoms in total. The van der Waals surface area contributed by atoms with E-state index in [0.717, 1.165) is 56.4 Å². The molecular weight excluding hydrogens is 358 g/mol. The number of ether oxygens (including phenoxy) is 1. The van der Waals surface area contributed by atoms with Crippen LogP contribution in [0.25, 0.3) is 6.08 Å². The van der Waals surface area contributed by atoms with Crippen LogP contribution in [0.4, 0.5) is 5.69 Å². The summed E-state index contributed by atoms with van der Waals surface area (Å²) in [5, 5.41) is 11.7. The van der Waals surface area contributed by atoms with Gasteiger partial charge in [-0.1, -0.05) is 24.6 Å². The molecule has 3 rings (SSSR count). The molecule has 0 radical (unpaired) electrons. The highest BCUT2D eigenvalue weighted by atomic mass is 16.5. The summed E-state index contributed by atoms with van der Waals surface area (Å²) in [6, 6.07) is 7.87. The first-order valence-electron chi connectivity index (χ1n) is 9.91. The second-order valence-electron chi connectivity index (χ2n) is 7.49. The Bertz CT molecular complexity index is 709. The number of nitrogens with zero attached hydrogens (tertiary/aromatic N) is 1. The van der Waals surface area contributed by atoms with E-state index in [1.54, 1.807) is 18.7 Å². The van der Waals surface area contributed by atoms with E-state index in [1.165, 1.54) is 6.08 Å². The van der Waals surface area contributed by atoms with Crippen molar-refractivity contribution >= 4 is 23.6 Å².